The zero-order valence-electron chi connectivity index (χ0n) is 13.6. The number of hydrogen-bond acceptors (Lipinski definition) is 5. The molecule has 0 unspecified atom stereocenters. The van der Waals surface area contributed by atoms with Gasteiger partial charge < -0.3 is 14.8 Å². The van der Waals surface area contributed by atoms with E-state index in [0.717, 1.165) is 11.3 Å². The highest BCUT2D eigenvalue weighted by Crippen LogP contribution is 2.32. The van der Waals surface area contributed by atoms with Crippen LogP contribution in [0.4, 0.5) is 5.69 Å². The van der Waals surface area contributed by atoms with Crippen LogP contribution in [0.25, 0.3) is 6.08 Å². The van der Waals surface area contributed by atoms with E-state index in [1.807, 2.05) is 12.1 Å². The minimum Gasteiger partial charge on any atom is -0.497 e. The van der Waals surface area contributed by atoms with E-state index in [1.54, 1.807) is 50.6 Å². The summed E-state index contributed by atoms with van der Waals surface area (Å²) in [5.74, 6) is 1.12. The first kappa shape index (κ1) is 17.4. The fourth-order valence-corrected chi connectivity index (χ4v) is 3.15. The summed E-state index contributed by atoms with van der Waals surface area (Å²) in [5.41, 5.74) is 1.50. The van der Waals surface area contributed by atoms with Crippen molar-refractivity contribution in [2.24, 2.45) is 4.99 Å². The molecule has 5 nitrogen and oxygen atoms in total. The van der Waals surface area contributed by atoms with Crippen LogP contribution in [0.5, 0.6) is 11.5 Å². The number of benzene rings is 2. The molecule has 7 heteroatoms. The highest BCUT2D eigenvalue weighted by atomic mass is 35.5. The molecule has 1 aliphatic heterocycles. The van der Waals surface area contributed by atoms with E-state index in [4.69, 9.17) is 21.1 Å². The summed E-state index contributed by atoms with van der Waals surface area (Å²) in [7, 11) is 3.17. The molecule has 1 heterocycles. The Balaban J connectivity index is 1.85. The van der Waals surface area contributed by atoms with Crippen molar-refractivity contribution in [2.75, 3.05) is 14.2 Å². The van der Waals surface area contributed by atoms with Crippen LogP contribution in [0, 0.1) is 0 Å². The van der Waals surface area contributed by atoms with Gasteiger partial charge in [-0.1, -0.05) is 11.6 Å². The van der Waals surface area contributed by atoms with Gasteiger partial charge in [0.2, 0.25) is 0 Å². The second-order valence-corrected chi connectivity index (χ2v) is 6.53. The van der Waals surface area contributed by atoms with Crippen LogP contribution in [0.2, 0.25) is 5.02 Å². The van der Waals surface area contributed by atoms with E-state index in [9.17, 15) is 4.79 Å². The summed E-state index contributed by atoms with van der Waals surface area (Å²) >= 11 is 7.13. The second kappa shape index (κ2) is 7.63. The molecule has 1 saturated heterocycles. The Labute approximate surface area is 154 Å². The molecule has 1 amide bonds. The lowest BCUT2D eigenvalue weighted by atomic mass is 10.1. The van der Waals surface area contributed by atoms with Crippen LogP contribution in [0.1, 0.15) is 5.56 Å². The number of thioether (sulfide) groups is 1. The number of hydrogen-bond donors (Lipinski definition) is 1. The van der Waals surface area contributed by atoms with Crippen LogP contribution in [0.15, 0.2) is 52.4 Å². The van der Waals surface area contributed by atoms with E-state index in [-0.39, 0.29) is 5.91 Å². The van der Waals surface area contributed by atoms with Gasteiger partial charge in [0.1, 0.15) is 11.5 Å². The summed E-state index contributed by atoms with van der Waals surface area (Å²) < 4.78 is 10.5. The molecule has 128 valence electrons. The number of carbonyl (C=O) groups is 1. The van der Waals surface area contributed by atoms with Gasteiger partial charge in [0.05, 0.1) is 24.8 Å². The van der Waals surface area contributed by atoms with Gasteiger partial charge >= 0.3 is 0 Å². The first-order chi connectivity index (χ1) is 12.1. The van der Waals surface area contributed by atoms with E-state index in [2.05, 4.69) is 10.3 Å². The average molecular weight is 375 g/mol. The molecule has 1 aliphatic rings. The van der Waals surface area contributed by atoms with Crippen molar-refractivity contribution < 1.29 is 14.3 Å². The largest absolute Gasteiger partial charge is 0.497 e. The topological polar surface area (TPSA) is 59.9 Å². The quantitative estimate of drug-likeness (QED) is 0.813. The Morgan fingerprint density at radius 2 is 1.88 bits per heavy atom. The SMILES string of the molecule is COc1ccc(/C=C2\SC(=Nc3ccc(Cl)cc3)NC2=O)c(OC)c1. The maximum Gasteiger partial charge on any atom is 0.264 e. The number of rotatable bonds is 4. The highest BCUT2D eigenvalue weighted by Gasteiger charge is 2.24. The predicted molar refractivity (Wildman–Crippen MR) is 102 cm³/mol. The van der Waals surface area contributed by atoms with Crippen LogP contribution in [-0.4, -0.2) is 25.3 Å². The molecule has 0 bridgehead atoms. The number of methoxy groups -OCH3 is 2. The maximum absolute atomic E-state index is 12.2. The zero-order chi connectivity index (χ0) is 17.8. The van der Waals surface area contributed by atoms with Crippen molar-refractivity contribution in [3.8, 4) is 11.5 Å². The number of amidine groups is 1. The Bertz CT molecular complexity index is 863. The highest BCUT2D eigenvalue weighted by molar-refractivity contribution is 8.18. The van der Waals surface area contributed by atoms with E-state index in [0.29, 0.717) is 26.6 Å². The van der Waals surface area contributed by atoms with Crippen molar-refractivity contribution in [3.63, 3.8) is 0 Å². The van der Waals surface area contributed by atoms with E-state index >= 15 is 0 Å². The molecule has 2 aromatic carbocycles. The van der Waals surface area contributed by atoms with Crippen molar-refractivity contribution in [3.05, 3.63) is 58.0 Å². The van der Waals surface area contributed by atoms with Crippen molar-refractivity contribution in [1.29, 1.82) is 0 Å². The second-order valence-electron chi connectivity index (χ2n) is 5.07. The third-order valence-corrected chi connectivity index (χ3v) is 4.60. The van der Waals surface area contributed by atoms with Gasteiger partial charge in [-0.3, -0.25) is 4.79 Å². The smallest absolute Gasteiger partial charge is 0.264 e. The third-order valence-electron chi connectivity index (χ3n) is 3.44. The number of nitrogens with one attached hydrogen (secondary N) is 1. The molecular weight excluding hydrogens is 360 g/mol. The number of aliphatic imine (C=N–C) groups is 1. The van der Waals surface area contributed by atoms with Gasteiger partial charge in [-0.05, 0) is 54.2 Å². The molecule has 3 rings (SSSR count). The molecule has 0 radical (unpaired) electrons. The van der Waals surface area contributed by atoms with E-state index in [1.165, 1.54) is 11.8 Å². The molecule has 25 heavy (non-hydrogen) atoms. The predicted octanol–water partition coefficient (Wildman–Crippen LogP) is 4.25. The van der Waals surface area contributed by atoms with Crippen LogP contribution in [0.3, 0.4) is 0 Å². The first-order valence-corrected chi connectivity index (χ1v) is 8.55. The summed E-state index contributed by atoms with van der Waals surface area (Å²) in [4.78, 5) is 17.1. The van der Waals surface area contributed by atoms with Crippen molar-refractivity contribution in [1.82, 2.24) is 5.32 Å². The lowest BCUT2D eigenvalue weighted by Gasteiger charge is -2.07. The molecular formula is C18H15ClN2O3S. The maximum atomic E-state index is 12.2. The van der Waals surface area contributed by atoms with Gasteiger partial charge in [-0.25, -0.2) is 4.99 Å². The fourth-order valence-electron chi connectivity index (χ4n) is 2.19. The molecule has 1 fully saturated rings. The average Bonchev–Trinajstić information content (AvgIpc) is 2.96. The molecule has 2 aromatic rings. The first-order valence-electron chi connectivity index (χ1n) is 7.36. The minimum atomic E-state index is -0.199. The molecule has 0 spiro atoms. The zero-order valence-corrected chi connectivity index (χ0v) is 15.1. The minimum absolute atomic E-state index is 0.199. The number of amides is 1. The molecule has 0 aromatic heterocycles. The molecule has 0 saturated carbocycles. The number of ether oxygens (including phenoxy) is 2. The molecule has 0 aliphatic carbocycles. The number of nitrogens with zero attached hydrogens (tertiary/aromatic N) is 1. The normalized spacial score (nSPS) is 17.0. The third kappa shape index (κ3) is 4.15. The lowest BCUT2D eigenvalue weighted by Crippen LogP contribution is -2.19. The Morgan fingerprint density at radius 3 is 2.56 bits per heavy atom. The van der Waals surface area contributed by atoms with Gasteiger partial charge in [0.25, 0.3) is 5.91 Å². The van der Waals surface area contributed by atoms with Gasteiger partial charge in [-0.2, -0.15) is 0 Å². The molecule has 0 atom stereocenters. The lowest BCUT2D eigenvalue weighted by molar-refractivity contribution is -0.115. The van der Waals surface area contributed by atoms with Crippen LogP contribution < -0.4 is 14.8 Å². The van der Waals surface area contributed by atoms with Gasteiger partial charge in [-0.15, -0.1) is 0 Å². The van der Waals surface area contributed by atoms with Crippen molar-refractivity contribution >= 4 is 46.2 Å². The number of carbonyl (C=O) groups excluding carboxylic acids is 1. The van der Waals surface area contributed by atoms with E-state index < -0.39 is 0 Å². The summed E-state index contributed by atoms with van der Waals surface area (Å²) in [6.07, 6.45) is 1.77. The van der Waals surface area contributed by atoms with Crippen LogP contribution in [-0.2, 0) is 4.79 Å². The Morgan fingerprint density at radius 1 is 1.12 bits per heavy atom. The standard InChI is InChI=1S/C18H15ClN2O3S/c1-23-14-8-3-11(15(10-14)24-2)9-16-17(22)21-18(25-16)20-13-6-4-12(19)5-7-13/h3-10H,1-2H3,(H,20,21,22)/b16-9-. The Hall–Kier alpha value is -2.44. The van der Waals surface area contributed by atoms with Crippen molar-refractivity contribution in [2.45, 2.75) is 0 Å². The monoisotopic (exact) mass is 374 g/mol. The molecule has 1 N–H and O–H groups in total. The van der Waals surface area contributed by atoms with Crippen LogP contribution >= 0.6 is 23.4 Å². The van der Waals surface area contributed by atoms with Gasteiger partial charge in [0.15, 0.2) is 5.17 Å². The Kier molecular flexibility index (Phi) is 5.31. The fraction of sp³-hybridized carbons (Fsp3) is 0.111. The summed E-state index contributed by atoms with van der Waals surface area (Å²) in [6, 6.07) is 12.5. The summed E-state index contributed by atoms with van der Waals surface area (Å²) in [5, 5.41) is 3.91. The number of halogens is 1. The van der Waals surface area contributed by atoms with Gasteiger partial charge in [0, 0.05) is 16.7 Å². The summed E-state index contributed by atoms with van der Waals surface area (Å²) in [6.45, 7) is 0.